The number of nitriles is 2. The summed E-state index contributed by atoms with van der Waals surface area (Å²) < 4.78 is 109. The Morgan fingerprint density at radius 1 is 0.549 bits per heavy atom. The van der Waals surface area contributed by atoms with Crippen LogP contribution in [0.25, 0.3) is 32.0 Å². The largest absolute Gasteiger partial charge is 0.480 e. The van der Waals surface area contributed by atoms with Crippen LogP contribution in [0.5, 0.6) is 10.1 Å². The van der Waals surface area contributed by atoms with Crippen molar-refractivity contribution in [3.05, 3.63) is 82.9 Å². The van der Waals surface area contributed by atoms with Crippen molar-refractivity contribution in [1.29, 1.82) is 10.5 Å². The lowest BCUT2D eigenvalue weighted by molar-refractivity contribution is -0.254. The van der Waals surface area contributed by atoms with Crippen LogP contribution in [0.4, 0.5) is 26.3 Å². The standard InChI is InChI=1S/C39H32F6N2O2S2/c40-37(41)33(29-19-31(25-15-11-23(21-46)12-16-25)50-35(29)48-27-7-3-1-4-8-27)34(38(42,43)39(37,44)45)30-20-32(26-17-13-24(22-47)14-18-26)51-36(30)49-28-9-5-2-6-10-28/h11-20,27-28H,1-10H2. The molecular weight excluding hydrogens is 707 g/mol. The Morgan fingerprint density at radius 3 is 1.24 bits per heavy atom. The van der Waals surface area contributed by atoms with Gasteiger partial charge in [0.15, 0.2) is 10.1 Å². The van der Waals surface area contributed by atoms with E-state index in [9.17, 15) is 10.5 Å². The third kappa shape index (κ3) is 6.31. The van der Waals surface area contributed by atoms with E-state index in [0.717, 1.165) is 61.2 Å². The number of benzene rings is 2. The molecule has 51 heavy (non-hydrogen) atoms. The molecular formula is C39H32F6N2O2S2. The lowest BCUT2D eigenvalue weighted by Crippen LogP contribution is -2.48. The summed E-state index contributed by atoms with van der Waals surface area (Å²) in [7, 11) is 0. The molecule has 4 aromatic rings. The third-order valence-electron chi connectivity index (χ3n) is 9.85. The van der Waals surface area contributed by atoms with Crippen molar-refractivity contribution in [3.8, 4) is 43.1 Å². The highest BCUT2D eigenvalue weighted by Crippen LogP contribution is 2.67. The summed E-state index contributed by atoms with van der Waals surface area (Å²) in [6.07, 6.45) is 6.83. The summed E-state index contributed by atoms with van der Waals surface area (Å²) in [5, 5.41) is 18.3. The number of thiophene rings is 2. The molecule has 4 nitrogen and oxygen atoms in total. The third-order valence-corrected chi connectivity index (χ3v) is 12.0. The van der Waals surface area contributed by atoms with Crippen LogP contribution >= 0.6 is 22.7 Å². The van der Waals surface area contributed by atoms with Gasteiger partial charge in [-0.15, -0.1) is 0 Å². The number of hydrogen-bond donors (Lipinski definition) is 0. The highest BCUT2D eigenvalue weighted by molar-refractivity contribution is 7.18. The van der Waals surface area contributed by atoms with E-state index >= 15 is 26.3 Å². The smallest absolute Gasteiger partial charge is 0.380 e. The average Bonchev–Trinajstić information content (AvgIpc) is 3.77. The normalized spacial score (nSPS) is 20.2. The summed E-state index contributed by atoms with van der Waals surface area (Å²) in [6.45, 7) is 0. The Labute approximate surface area is 299 Å². The van der Waals surface area contributed by atoms with Gasteiger partial charge in [-0.1, -0.05) is 59.8 Å². The van der Waals surface area contributed by atoms with E-state index in [1.807, 2.05) is 12.1 Å². The molecule has 2 heterocycles. The van der Waals surface area contributed by atoms with Gasteiger partial charge in [0.05, 0.1) is 35.5 Å². The molecule has 0 bridgehead atoms. The van der Waals surface area contributed by atoms with Crippen LogP contribution in [-0.2, 0) is 0 Å². The highest BCUT2D eigenvalue weighted by atomic mass is 32.1. The zero-order chi connectivity index (χ0) is 36.0. The number of alkyl halides is 6. The molecule has 0 radical (unpaired) electrons. The Hall–Kier alpha value is -4.26. The van der Waals surface area contributed by atoms with Crippen molar-refractivity contribution in [2.24, 2.45) is 0 Å². The number of ether oxygens (including phenoxy) is 2. The van der Waals surface area contributed by atoms with Crippen LogP contribution < -0.4 is 9.47 Å². The predicted molar refractivity (Wildman–Crippen MR) is 186 cm³/mol. The maximum absolute atomic E-state index is 16.3. The van der Waals surface area contributed by atoms with Crippen molar-refractivity contribution >= 4 is 33.8 Å². The summed E-state index contributed by atoms with van der Waals surface area (Å²) in [5.74, 6) is -16.4. The number of halogens is 6. The summed E-state index contributed by atoms with van der Waals surface area (Å²) >= 11 is 1.85. The number of allylic oxidation sites excluding steroid dienone is 2. The van der Waals surface area contributed by atoms with Gasteiger partial charge in [0, 0.05) is 32.0 Å². The minimum atomic E-state index is -5.78. The zero-order valence-corrected chi connectivity index (χ0v) is 28.9. The van der Waals surface area contributed by atoms with Crippen LogP contribution in [0.2, 0.25) is 0 Å². The molecule has 264 valence electrons. The second-order valence-corrected chi connectivity index (χ2v) is 15.3. The maximum Gasteiger partial charge on any atom is 0.380 e. The molecule has 12 heteroatoms. The second-order valence-electron chi connectivity index (χ2n) is 13.2. The predicted octanol–water partition coefficient (Wildman–Crippen LogP) is 12.1. The van der Waals surface area contributed by atoms with E-state index in [4.69, 9.17) is 9.47 Å². The van der Waals surface area contributed by atoms with Crippen molar-refractivity contribution in [2.45, 2.75) is 94.2 Å². The fraction of sp³-hybridized carbons (Fsp3) is 0.385. The SMILES string of the molecule is N#Cc1ccc(-c2cc(C3=C(c4cc(-c5ccc(C#N)cc5)sc4OC4CCCCC4)C(F)(F)C(F)(F)C3(F)F)c(OC3CCCCC3)s2)cc1. The molecule has 0 saturated heterocycles. The molecule has 2 aromatic heterocycles. The molecule has 0 amide bonds. The van der Waals surface area contributed by atoms with Crippen LogP contribution in [0.3, 0.4) is 0 Å². The topological polar surface area (TPSA) is 66.0 Å². The summed E-state index contributed by atoms with van der Waals surface area (Å²) in [6, 6.07) is 18.9. The van der Waals surface area contributed by atoms with E-state index in [1.54, 1.807) is 24.3 Å². The Morgan fingerprint density at radius 2 is 0.902 bits per heavy atom. The van der Waals surface area contributed by atoms with Crippen LogP contribution in [0.1, 0.15) is 86.5 Å². The van der Waals surface area contributed by atoms with Gasteiger partial charge in [-0.3, -0.25) is 0 Å². The van der Waals surface area contributed by atoms with Crippen molar-refractivity contribution < 1.29 is 35.8 Å². The summed E-state index contributed by atoms with van der Waals surface area (Å²) in [5.41, 5.74) is -2.34. The molecule has 3 aliphatic carbocycles. The van der Waals surface area contributed by atoms with E-state index in [0.29, 0.717) is 57.7 Å². The zero-order valence-electron chi connectivity index (χ0n) is 27.3. The lowest BCUT2D eigenvalue weighted by Gasteiger charge is -2.26. The van der Waals surface area contributed by atoms with Crippen molar-refractivity contribution in [1.82, 2.24) is 0 Å². The molecule has 0 aliphatic heterocycles. The van der Waals surface area contributed by atoms with E-state index in [-0.39, 0.29) is 10.1 Å². The van der Waals surface area contributed by atoms with Crippen molar-refractivity contribution in [3.63, 3.8) is 0 Å². The molecule has 0 N–H and O–H groups in total. The molecule has 2 saturated carbocycles. The number of rotatable bonds is 8. The average molecular weight is 739 g/mol. The molecule has 3 aliphatic rings. The summed E-state index contributed by atoms with van der Waals surface area (Å²) in [4.78, 5) is 0.674. The van der Waals surface area contributed by atoms with Gasteiger partial charge in [-0.25, -0.2) is 0 Å². The molecule has 0 unspecified atom stereocenters. The van der Waals surface area contributed by atoms with Gasteiger partial charge in [-0.2, -0.15) is 36.9 Å². The molecule has 0 spiro atoms. The first kappa shape index (κ1) is 35.2. The quantitative estimate of drug-likeness (QED) is 0.169. The lowest BCUT2D eigenvalue weighted by atomic mass is 9.95. The first-order chi connectivity index (χ1) is 24.4. The molecule has 7 rings (SSSR count). The van der Waals surface area contributed by atoms with Gasteiger partial charge >= 0.3 is 17.8 Å². The van der Waals surface area contributed by atoms with Gasteiger partial charge < -0.3 is 9.47 Å². The van der Waals surface area contributed by atoms with E-state index < -0.39 is 52.2 Å². The molecule has 2 fully saturated rings. The van der Waals surface area contributed by atoms with Gasteiger partial charge in [0.25, 0.3) is 0 Å². The first-order valence-corrected chi connectivity index (χ1v) is 18.6. The Bertz CT molecular complexity index is 1880. The fourth-order valence-electron chi connectivity index (χ4n) is 7.08. The highest BCUT2D eigenvalue weighted by Gasteiger charge is 2.80. The second kappa shape index (κ2) is 13.7. The molecule has 2 aromatic carbocycles. The molecule has 0 atom stereocenters. The number of nitrogens with zero attached hydrogens (tertiary/aromatic N) is 2. The monoisotopic (exact) mass is 738 g/mol. The van der Waals surface area contributed by atoms with Crippen LogP contribution in [-0.4, -0.2) is 30.0 Å². The fourth-order valence-corrected chi connectivity index (χ4v) is 9.25. The Balaban J connectivity index is 1.46. The Kier molecular flexibility index (Phi) is 9.45. The van der Waals surface area contributed by atoms with Crippen LogP contribution in [0, 0.1) is 22.7 Å². The van der Waals surface area contributed by atoms with E-state index in [1.165, 1.54) is 36.4 Å². The minimum Gasteiger partial charge on any atom is -0.480 e. The number of hydrogen-bond acceptors (Lipinski definition) is 6. The van der Waals surface area contributed by atoms with Crippen LogP contribution in [0.15, 0.2) is 60.7 Å². The first-order valence-electron chi connectivity index (χ1n) is 17.0. The minimum absolute atomic E-state index is 0.140. The maximum atomic E-state index is 16.3. The van der Waals surface area contributed by atoms with Gasteiger partial charge in [0.2, 0.25) is 0 Å². The van der Waals surface area contributed by atoms with Crippen molar-refractivity contribution in [2.75, 3.05) is 0 Å². The van der Waals surface area contributed by atoms with Gasteiger partial charge in [0.1, 0.15) is 0 Å². The van der Waals surface area contributed by atoms with Gasteiger partial charge in [-0.05, 0) is 98.9 Å². The van der Waals surface area contributed by atoms with E-state index in [2.05, 4.69) is 0 Å².